The van der Waals surface area contributed by atoms with Crippen LogP contribution in [0.1, 0.15) is 12.5 Å². The summed E-state index contributed by atoms with van der Waals surface area (Å²) in [7, 11) is -3.64. The van der Waals surface area contributed by atoms with Gasteiger partial charge in [-0.05, 0) is 61.0 Å². The van der Waals surface area contributed by atoms with Gasteiger partial charge in [0, 0.05) is 17.9 Å². The zero-order valence-electron chi connectivity index (χ0n) is 15.1. The van der Waals surface area contributed by atoms with Gasteiger partial charge in [-0.1, -0.05) is 30.3 Å². The van der Waals surface area contributed by atoms with E-state index in [1.54, 1.807) is 24.3 Å². The van der Waals surface area contributed by atoms with Gasteiger partial charge < -0.3 is 10.1 Å². The number of benzene rings is 3. The summed E-state index contributed by atoms with van der Waals surface area (Å²) in [5.74, 6) is 0.644. The maximum atomic E-state index is 12.5. The van der Waals surface area contributed by atoms with E-state index < -0.39 is 10.0 Å². The van der Waals surface area contributed by atoms with E-state index in [1.807, 2.05) is 49.4 Å². The van der Waals surface area contributed by atoms with E-state index in [9.17, 15) is 8.42 Å². The van der Waals surface area contributed by atoms with Crippen LogP contribution in [0.25, 0.3) is 0 Å². The van der Waals surface area contributed by atoms with E-state index >= 15 is 0 Å². The molecule has 0 saturated heterocycles. The Morgan fingerprint density at radius 2 is 1.44 bits per heavy atom. The Labute approximate surface area is 160 Å². The normalized spacial score (nSPS) is 11.0. The van der Waals surface area contributed by atoms with Gasteiger partial charge in [-0.25, -0.2) is 8.42 Å². The monoisotopic (exact) mass is 382 g/mol. The zero-order valence-corrected chi connectivity index (χ0v) is 15.9. The molecule has 0 heterocycles. The van der Waals surface area contributed by atoms with Crippen molar-refractivity contribution in [3.8, 4) is 5.75 Å². The van der Waals surface area contributed by atoms with Crippen molar-refractivity contribution in [3.63, 3.8) is 0 Å². The molecule has 0 atom stereocenters. The third-order valence-electron chi connectivity index (χ3n) is 3.92. The largest absolute Gasteiger partial charge is 0.494 e. The Hall–Kier alpha value is -2.99. The highest BCUT2D eigenvalue weighted by molar-refractivity contribution is 7.92. The van der Waals surface area contributed by atoms with Crippen molar-refractivity contribution in [3.05, 3.63) is 84.4 Å². The topological polar surface area (TPSA) is 67.4 Å². The predicted octanol–water partition coefficient (Wildman–Crippen LogP) is 4.50. The molecule has 3 rings (SSSR count). The first-order chi connectivity index (χ1) is 13.1. The van der Waals surface area contributed by atoms with Crippen molar-refractivity contribution in [2.24, 2.45) is 0 Å². The standard InChI is InChI=1S/C21H22N2O3S/c1-2-26-20-12-14-21(15-13-20)27(24,25)23-19-10-8-18(9-11-19)22-16-17-6-4-3-5-7-17/h3-15,22-23H,2,16H2,1H3. The molecule has 0 unspecified atom stereocenters. The second kappa shape index (κ2) is 8.60. The highest BCUT2D eigenvalue weighted by Crippen LogP contribution is 2.21. The second-order valence-electron chi connectivity index (χ2n) is 5.93. The Kier molecular flexibility index (Phi) is 5.98. The molecule has 0 radical (unpaired) electrons. The van der Waals surface area contributed by atoms with Crippen molar-refractivity contribution >= 4 is 21.4 Å². The average Bonchev–Trinajstić information content (AvgIpc) is 2.69. The minimum Gasteiger partial charge on any atom is -0.494 e. The number of nitrogens with one attached hydrogen (secondary N) is 2. The van der Waals surface area contributed by atoms with Crippen molar-refractivity contribution in [2.45, 2.75) is 18.4 Å². The first-order valence-corrected chi connectivity index (χ1v) is 10.2. The van der Waals surface area contributed by atoms with Crippen molar-refractivity contribution < 1.29 is 13.2 Å². The fourth-order valence-electron chi connectivity index (χ4n) is 2.55. The fourth-order valence-corrected chi connectivity index (χ4v) is 3.61. The lowest BCUT2D eigenvalue weighted by atomic mass is 10.2. The molecule has 2 N–H and O–H groups in total. The van der Waals surface area contributed by atoms with Crippen LogP contribution in [-0.4, -0.2) is 15.0 Å². The van der Waals surface area contributed by atoms with Crippen LogP contribution >= 0.6 is 0 Å². The summed E-state index contributed by atoms with van der Waals surface area (Å²) in [5.41, 5.74) is 2.61. The lowest BCUT2D eigenvalue weighted by molar-refractivity contribution is 0.340. The van der Waals surface area contributed by atoms with Crippen molar-refractivity contribution in [1.29, 1.82) is 0 Å². The Morgan fingerprint density at radius 3 is 2.07 bits per heavy atom. The highest BCUT2D eigenvalue weighted by Gasteiger charge is 2.14. The van der Waals surface area contributed by atoms with Gasteiger partial charge in [0.05, 0.1) is 11.5 Å². The predicted molar refractivity (Wildman–Crippen MR) is 109 cm³/mol. The van der Waals surface area contributed by atoms with Crippen LogP contribution in [0.4, 0.5) is 11.4 Å². The Morgan fingerprint density at radius 1 is 0.815 bits per heavy atom. The van der Waals surface area contributed by atoms with E-state index in [1.165, 1.54) is 17.7 Å². The maximum Gasteiger partial charge on any atom is 0.261 e. The first-order valence-electron chi connectivity index (χ1n) is 8.70. The van der Waals surface area contributed by atoms with Gasteiger partial charge in [-0.2, -0.15) is 0 Å². The van der Waals surface area contributed by atoms with Crippen LogP contribution in [0.2, 0.25) is 0 Å². The third kappa shape index (κ3) is 5.24. The summed E-state index contributed by atoms with van der Waals surface area (Å²) in [6.45, 7) is 3.12. The Balaban J connectivity index is 1.62. The van der Waals surface area contributed by atoms with E-state index in [0.717, 1.165) is 5.69 Å². The van der Waals surface area contributed by atoms with Gasteiger partial charge in [0.25, 0.3) is 10.0 Å². The van der Waals surface area contributed by atoms with Gasteiger partial charge in [0.2, 0.25) is 0 Å². The van der Waals surface area contributed by atoms with Crippen LogP contribution in [0.3, 0.4) is 0 Å². The number of hydrogen-bond acceptors (Lipinski definition) is 4. The molecule has 140 valence electrons. The molecule has 0 aliphatic rings. The maximum absolute atomic E-state index is 12.5. The van der Waals surface area contributed by atoms with Gasteiger partial charge in [-0.3, -0.25) is 4.72 Å². The van der Waals surface area contributed by atoms with E-state index in [2.05, 4.69) is 10.0 Å². The van der Waals surface area contributed by atoms with E-state index in [-0.39, 0.29) is 4.90 Å². The van der Waals surface area contributed by atoms with Crippen molar-refractivity contribution in [1.82, 2.24) is 0 Å². The molecule has 0 spiro atoms. The molecule has 0 saturated carbocycles. The smallest absolute Gasteiger partial charge is 0.261 e. The van der Waals surface area contributed by atoms with Crippen LogP contribution < -0.4 is 14.8 Å². The van der Waals surface area contributed by atoms with Crippen LogP contribution in [0.5, 0.6) is 5.75 Å². The third-order valence-corrected chi connectivity index (χ3v) is 5.32. The molecule has 3 aromatic rings. The van der Waals surface area contributed by atoms with Crippen LogP contribution in [-0.2, 0) is 16.6 Å². The lowest BCUT2D eigenvalue weighted by Crippen LogP contribution is -2.12. The zero-order chi connectivity index (χ0) is 19.1. The summed E-state index contributed by atoms with van der Waals surface area (Å²) < 4.78 is 32.9. The number of anilines is 2. The second-order valence-corrected chi connectivity index (χ2v) is 7.61. The molecule has 0 aliphatic carbocycles. The van der Waals surface area contributed by atoms with E-state index in [4.69, 9.17) is 4.74 Å². The van der Waals surface area contributed by atoms with Crippen molar-refractivity contribution in [2.75, 3.05) is 16.6 Å². The molecule has 27 heavy (non-hydrogen) atoms. The highest BCUT2D eigenvalue weighted by atomic mass is 32.2. The number of ether oxygens (including phenoxy) is 1. The molecule has 3 aromatic carbocycles. The summed E-state index contributed by atoms with van der Waals surface area (Å²) in [4.78, 5) is 0.192. The molecule has 5 nitrogen and oxygen atoms in total. The molecule has 0 aliphatic heterocycles. The van der Waals surface area contributed by atoms with Gasteiger partial charge in [-0.15, -0.1) is 0 Å². The number of rotatable bonds is 8. The number of sulfonamides is 1. The van der Waals surface area contributed by atoms with Crippen LogP contribution in [0.15, 0.2) is 83.8 Å². The van der Waals surface area contributed by atoms with Gasteiger partial charge >= 0.3 is 0 Å². The fraction of sp³-hybridized carbons (Fsp3) is 0.143. The summed E-state index contributed by atoms with van der Waals surface area (Å²) >= 11 is 0. The summed E-state index contributed by atoms with van der Waals surface area (Å²) in [5, 5.41) is 3.31. The molecule has 0 aromatic heterocycles. The Bertz CT molecular complexity index is 955. The summed E-state index contributed by atoms with van der Waals surface area (Å²) in [6, 6.07) is 23.6. The molecule has 0 bridgehead atoms. The van der Waals surface area contributed by atoms with Crippen LogP contribution in [0, 0.1) is 0 Å². The average molecular weight is 382 g/mol. The minimum atomic E-state index is -3.64. The molecular weight excluding hydrogens is 360 g/mol. The quantitative estimate of drug-likeness (QED) is 0.602. The van der Waals surface area contributed by atoms with E-state index in [0.29, 0.717) is 24.6 Å². The molecule has 0 amide bonds. The summed E-state index contributed by atoms with van der Waals surface area (Å²) in [6.07, 6.45) is 0. The van der Waals surface area contributed by atoms with Gasteiger partial charge in [0.1, 0.15) is 5.75 Å². The minimum absolute atomic E-state index is 0.192. The molecule has 0 fully saturated rings. The first kappa shape index (κ1) is 18.8. The lowest BCUT2D eigenvalue weighted by Gasteiger charge is -2.11. The molecular formula is C21H22N2O3S. The molecule has 6 heteroatoms. The SMILES string of the molecule is CCOc1ccc(S(=O)(=O)Nc2ccc(NCc3ccccc3)cc2)cc1. The van der Waals surface area contributed by atoms with Gasteiger partial charge in [0.15, 0.2) is 0 Å². The number of hydrogen-bond donors (Lipinski definition) is 2.